The van der Waals surface area contributed by atoms with Crippen LogP contribution in [0.4, 0.5) is 4.39 Å². The van der Waals surface area contributed by atoms with Crippen LogP contribution in [0.5, 0.6) is 0 Å². The van der Waals surface area contributed by atoms with Gasteiger partial charge in [0.05, 0.1) is 0 Å². The molecule has 1 N–H and O–H groups in total. The largest absolute Gasteiger partial charge is 0.313 e. The standard InChI is InChI=1S/C17H19ClFN/c1-11-5-4-6-12(2)15(11)10-17(20-3)14-8-7-13(18)9-16(14)19/h4-9,17,20H,10H2,1-3H3. The van der Waals surface area contributed by atoms with Crippen molar-refractivity contribution in [1.82, 2.24) is 5.32 Å². The van der Waals surface area contributed by atoms with Crippen molar-refractivity contribution in [3.8, 4) is 0 Å². The van der Waals surface area contributed by atoms with Gasteiger partial charge in [-0.1, -0.05) is 35.9 Å². The monoisotopic (exact) mass is 291 g/mol. The van der Waals surface area contributed by atoms with Gasteiger partial charge in [0.2, 0.25) is 0 Å². The van der Waals surface area contributed by atoms with Gasteiger partial charge in [-0.3, -0.25) is 0 Å². The van der Waals surface area contributed by atoms with Gasteiger partial charge >= 0.3 is 0 Å². The lowest BCUT2D eigenvalue weighted by Gasteiger charge is -2.20. The topological polar surface area (TPSA) is 12.0 Å². The predicted molar refractivity (Wildman–Crippen MR) is 82.8 cm³/mol. The quantitative estimate of drug-likeness (QED) is 0.868. The highest BCUT2D eigenvalue weighted by molar-refractivity contribution is 6.30. The molecule has 1 nitrogen and oxygen atoms in total. The fourth-order valence-electron chi connectivity index (χ4n) is 2.53. The first kappa shape index (κ1) is 15.0. The summed E-state index contributed by atoms with van der Waals surface area (Å²) in [5, 5.41) is 3.62. The number of rotatable bonds is 4. The lowest BCUT2D eigenvalue weighted by atomic mass is 9.93. The van der Waals surface area contributed by atoms with Crippen LogP contribution in [0.1, 0.15) is 28.3 Å². The molecule has 20 heavy (non-hydrogen) atoms. The van der Waals surface area contributed by atoms with E-state index in [1.165, 1.54) is 22.8 Å². The molecule has 1 atom stereocenters. The van der Waals surface area contributed by atoms with E-state index in [9.17, 15) is 4.39 Å². The van der Waals surface area contributed by atoms with Gasteiger partial charge in [-0.2, -0.15) is 0 Å². The Kier molecular flexibility index (Phi) is 4.79. The van der Waals surface area contributed by atoms with Crippen LogP contribution in [0.3, 0.4) is 0 Å². The second-order valence-corrected chi connectivity index (χ2v) is 5.52. The van der Waals surface area contributed by atoms with Crippen molar-refractivity contribution in [2.75, 3.05) is 7.05 Å². The van der Waals surface area contributed by atoms with Crippen molar-refractivity contribution in [3.05, 3.63) is 69.5 Å². The van der Waals surface area contributed by atoms with E-state index in [1.54, 1.807) is 12.1 Å². The zero-order valence-corrected chi connectivity index (χ0v) is 12.8. The molecule has 2 aromatic carbocycles. The van der Waals surface area contributed by atoms with Gasteiger partial charge in [0.15, 0.2) is 0 Å². The first-order valence-electron chi connectivity index (χ1n) is 6.70. The van der Waals surface area contributed by atoms with Crippen molar-refractivity contribution in [2.24, 2.45) is 0 Å². The fourth-order valence-corrected chi connectivity index (χ4v) is 2.69. The molecule has 106 valence electrons. The summed E-state index contributed by atoms with van der Waals surface area (Å²) in [7, 11) is 1.85. The number of hydrogen-bond acceptors (Lipinski definition) is 1. The molecule has 0 radical (unpaired) electrons. The summed E-state index contributed by atoms with van der Waals surface area (Å²) in [5.41, 5.74) is 4.39. The first-order valence-corrected chi connectivity index (χ1v) is 7.08. The molecule has 0 aliphatic heterocycles. The van der Waals surface area contributed by atoms with E-state index in [2.05, 4.69) is 31.3 Å². The Hall–Kier alpha value is -1.38. The highest BCUT2D eigenvalue weighted by atomic mass is 35.5. The molecule has 0 aromatic heterocycles. The molecule has 3 heteroatoms. The molecule has 0 spiro atoms. The SMILES string of the molecule is CNC(Cc1c(C)cccc1C)c1ccc(Cl)cc1F. The molecule has 0 fully saturated rings. The number of hydrogen-bond donors (Lipinski definition) is 1. The Morgan fingerprint density at radius 3 is 2.35 bits per heavy atom. The van der Waals surface area contributed by atoms with Gasteiger partial charge in [0.25, 0.3) is 0 Å². The third-order valence-corrected chi connectivity index (χ3v) is 3.97. The molecule has 1 unspecified atom stereocenters. The maximum Gasteiger partial charge on any atom is 0.129 e. The van der Waals surface area contributed by atoms with Gasteiger partial charge in [0, 0.05) is 16.6 Å². The smallest absolute Gasteiger partial charge is 0.129 e. The molecule has 0 amide bonds. The Bertz CT molecular complexity index is 590. The van der Waals surface area contributed by atoms with Crippen LogP contribution in [-0.4, -0.2) is 7.05 Å². The predicted octanol–water partition coefficient (Wildman–Crippen LogP) is 4.60. The third-order valence-electron chi connectivity index (χ3n) is 3.74. The molecular weight excluding hydrogens is 273 g/mol. The summed E-state index contributed by atoms with van der Waals surface area (Å²) < 4.78 is 14.1. The molecule has 2 rings (SSSR count). The van der Waals surface area contributed by atoms with Crippen LogP contribution in [0.25, 0.3) is 0 Å². The van der Waals surface area contributed by atoms with Crippen LogP contribution in [-0.2, 0) is 6.42 Å². The van der Waals surface area contributed by atoms with Crippen molar-refractivity contribution < 1.29 is 4.39 Å². The molecule has 0 heterocycles. The molecule has 0 saturated heterocycles. The van der Waals surface area contributed by atoms with E-state index < -0.39 is 0 Å². The average molecular weight is 292 g/mol. The minimum absolute atomic E-state index is 0.0629. The number of nitrogens with one attached hydrogen (secondary N) is 1. The maximum atomic E-state index is 14.1. The number of likely N-dealkylation sites (N-methyl/N-ethyl adjacent to an activating group) is 1. The van der Waals surface area contributed by atoms with E-state index in [-0.39, 0.29) is 11.9 Å². The second kappa shape index (κ2) is 6.38. The maximum absolute atomic E-state index is 14.1. The Morgan fingerprint density at radius 1 is 1.15 bits per heavy atom. The number of benzene rings is 2. The van der Waals surface area contributed by atoms with Gasteiger partial charge in [-0.25, -0.2) is 4.39 Å². The van der Waals surface area contributed by atoms with E-state index in [0.717, 1.165) is 6.42 Å². The van der Waals surface area contributed by atoms with E-state index in [4.69, 9.17) is 11.6 Å². The summed E-state index contributed by atoms with van der Waals surface area (Å²) in [4.78, 5) is 0. The average Bonchev–Trinajstić information content (AvgIpc) is 2.40. The van der Waals surface area contributed by atoms with Gasteiger partial charge in [-0.05, 0) is 56.1 Å². The molecule has 0 saturated carbocycles. The first-order chi connectivity index (χ1) is 9.52. The summed E-state index contributed by atoms with van der Waals surface area (Å²) in [6.45, 7) is 4.18. The van der Waals surface area contributed by atoms with Gasteiger partial charge < -0.3 is 5.32 Å². The van der Waals surface area contributed by atoms with Gasteiger partial charge in [0.1, 0.15) is 5.82 Å². The summed E-state index contributed by atoms with van der Waals surface area (Å²) in [6.07, 6.45) is 0.757. The molecule has 0 aliphatic carbocycles. The summed E-state index contributed by atoms with van der Waals surface area (Å²) in [5.74, 6) is -0.261. The third kappa shape index (κ3) is 3.20. The number of halogens is 2. The van der Waals surface area contributed by atoms with Crippen molar-refractivity contribution in [3.63, 3.8) is 0 Å². The molecule has 2 aromatic rings. The molecular formula is C17H19ClFN. The Labute approximate surface area is 124 Å². The van der Waals surface area contributed by atoms with Crippen LogP contribution >= 0.6 is 11.6 Å². The number of aryl methyl sites for hydroxylation is 2. The van der Waals surface area contributed by atoms with Crippen molar-refractivity contribution in [2.45, 2.75) is 26.3 Å². The lowest BCUT2D eigenvalue weighted by molar-refractivity contribution is 0.532. The lowest BCUT2D eigenvalue weighted by Crippen LogP contribution is -2.21. The highest BCUT2D eigenvalue weighted by Crippen LogP contribution is 2.26. The Morgan fingerprint density at radius 2 is 1.80 bits per heavy atom. The van der Waals surface area contributed by atoms with Crippen LogP contribution in [0, 0.1) is 19.7 Å². The van der Waals surface area contributed by atoms with E-state index in [0.29, 0.717) is 10.6 Å². The van der Waals surface area contributed by atoms with Gasteiger partial charge in [-0.15, -0.1) is 0 Å². The van der Waals surface area contributed by atoms with E-state index >= 15 is 0 Å². The molecule has 0 aliphatic rings. The minimum Gasteiger partial charge on any atom is -0.313 e. The summed E-state index contributed by atoms with van der Waals surface area (Å²) in [6, 6.07) is 11.0. The normalized spacial score (nSPS) is 12.4. The molecule has 0 bridgehead atoms. The fraction of sp³-hybridized carbons (Fsp3) is 0.294. The Balaban J connectivity index is 2.34. The minimum atomic E-state index is -0.261. The van der Waals surface area contributed by atoms with Crippen LogP contribution in [0.15, 0.2) is 36.4 Å². The zero-order chi connectivity index (χ0) is 14.7. The second-order valence-electron chi connectivity index (χ2n) is 5.08. The summed E-state index contributed by atoms with van der Waals surface area (Å²) >= 11 is 5.82. The van der Waals surface area contributed by atoms with Crippen LogP contribution in [0.2, 0.25) is 5.02 Å². The van der Waals surface area contributed by atoms with Crippen LogP contribution < -0.4 is 5.32 Å². The van der Waals surface area contributed by atoms with Crippen molar-refractivity contribution in [1.29, 1.82) is 0 Å². The zero-order valence-electron chi connectivity index (χ0n) is 12.0. The van der Waals surface area contributed by atoms with E-state index in [1.807, 2.05) is 13.1 Å². The van der Waals surface area contributed by atoms with Crippen molar-refractivity contribution >= 4 is 11.6 Å². The highest BCUT2D eigenvalue weighted by Gasteiger charge is 2.16.